The van der Waals surface area contributed by atoms with Gasteiger partial charge in [0.15, 0.2) is 6.04 Å². The number of nitrogens with zero attached hydrogens (tertiary/aromatic N) is 4. The van der Waals surface area contributed by atoms with E-state index in [4.69, 9.17) is 4.52 Å². The van der Waals surface area contributed by atoms with E-state index >= 15 is 0 Å². The summed E-state index contributed by atoms with van der Waals surface area (Å²) in [5.41, 5.74) is 6.63. The van der Waals surface area contributed by atoms with Crippen molar-refractivity contribution in [3.05, 3.63) is 89.1 Å². The van der Waals surface area contributed by atoms with Crippen LogP contribution in [0.3, 0.4) is 0 Å². The predicted molar refractivity (Wildman–Crippen MR) is 142 cm³/mol. The molecule has 1 N–H and O–H groups in total. The average Bonchev–Trinajstić information content (AvgIpc) is 3.15. The summed E-state index contributed by atoms with van der Waals surface area (Å²) in [4.78, 5) is 28.0. The molecule has 2 aliphatic carbocycles. The van der Waals surface area contributed by atoms with E-state index < -0.39 is 6.04 Å². The standard InChI is InChI=1S/C30H29N5O3/c1-17-25(18(2)38-33-17)19-9-11-21(12-10-19)35(4)24-16-30(24)15-20-7-5-6-8-22(20)26(30)27(29(35)37)32-28(36)23-13-14-31-34(23)3/h5-14,24,26-27H,15-16H2,1-4H3/p+1. The maximum absolute atomic E-state index is 14.6. The second kappa shape index (κ2) is 7.74. The fourth-order valence-electron chi connectivity index (χ4n) is 7.49. The highest BCUT2D eigenvalue weighted by atomic mass is 16.5. The van der Waals surface area contributed by atoms with E-state index in [9.17, 15) is 9.59 Å². The van der Waals surface area contributed by atoms with Crippen LogP contribution in [-0.2, 0) is 18.3 Å². The molecule has 38 heavy (non-hydrogen) atoms. The lowest BCUT2D eigenvalue weighted by Gasteiger charge is -2.43. The number of benzene rings is 2. The molecule has 2 aromatic carbocycles. The van der Waals surface area contributed by atoms with E-state index in [2.05, 4.69) is 33.8 Å². The Hall–Kier alpha value is -4.04. The van der Waals surface area contributed by atoms with E-state index in [0.29, 0.717) is 5.69 Å². The molecule has 3 aliphatic rings. The van der Waals surface area contributed by atoms with Crippen LogP contribution in [0.4, 0.5) is 5.69 Å². The molecule has 7 rings (SSSR count). The van der Waals surface area contributed by atoms with Crippen LogP contribution in [0, 0.1) is 19.3 Å². The van der Waals surface area contributed by atoms with Gasteiger partial charge in [-0.05, 0) is 55.2 Å². The lowest BCUT2D eigenvalue weighted by atomic mass is 9.78. The molecule has 4 aromatic rings. The number of carbonyl (C=O) groups is 2. The number of nitrogens with one attached hydrogen (secondary N) is 1. The molecule has 2 aromatic heterocycles. The summed E-state index contributed by atoms with van der Waals surface area (Å²) in [6.45, 7) is 3.84. The quantitative estimate of drug-likeness (QED) is 0.420. The Bertz CT molecular complexity index is 1600. The molecule has 1 spiro atoms. The summed E-state index contributed by atoms with van der Waals surface area (Å²) in [6, 6.07) is 17.8. The van der Waals surface area contributed by atoms with E-state index in [1.807, 2.05) is 51.2 Å². The molecular formula is C30H30N5O3+. The minimum atomic E-state index is -0.646. The number of hydrogen-bond donors (Lipinski definition) is 1. The van der Waals surface area contributed by atoms with Gasteiger partial charge in [-0.2, -0.15) is 5.10 Å². The molecular weight excluding hydrogens is 478 g/mol. The first-order valence-electron chi connectivity index (χ1n) is 13.1. The summed E-state index contributed by atoms with van der Waals surface area (Å²) in [6.07, 6.45) is 3.47. The average molecular weight is 509 g/mol. The molecule has 0 radical (unpaired) electrons. The van der Waals surface area contributed by atoms with Crippen molar-refractivity contribution in [2.24, 2.45) is 12.5 Å². The number of rotatable bonds is 4. The Morgan fingerprint density at radius 1 is 1.13 bits per heavy atom. The maximum Gasteiger partial charge on any atom is 0.341 e. The Balaban J connectivity index is 1.31. The zero-order valence-electron chi connectivity index (χ0n) is 21.9. The number of fused-ring (bicyclic) bond motifs is 2. The van der Waals surface area contributed by atoms with E-state index in [0.717, 1.165) is 41.1 Å². The minimum absolute atomic E-state index is 0.0189. The van der Waals surface area contributed by atoms with E-state index in [1.54, 1.807) is 24.0 Å². The zero-order chi connectivity index (χ0) is 26.4. The van der Waals surface area contributed by atoms with Crippen molar-refractivity contribution >= 4 is 17.5 Å². The first-order valence-corrected chi connectivity index (χ1v) is 13.1. The number of piperidine rings is 1. The molecule has 2 amide bonds. The molecule has 192 valence electrons. The monoisotopic (exact) mass is 508 g/mol. The van der Waals surface area contributed by atoms with Gasteiger partial charge in [0.1, 0.15) is 23.2 Å². The highest BCUT2D eigenvalue weighted by Crippen LogP contribution is 2.70. The van der Waals surface area contributed by atoms with Crippen LogP contribution in [0.5, 0.6) is 0 Å². The number of aromatic nitrogens is 3. The smallest absolute Gasteiger partial charge is 0.341 e. The number of hydrogen-bond acceptors (Lipinski definition) is 5. The Kier molecular flexibility index (Phi) is 4.70. The summed E-state index contributed by atoms with van der Waals surface area (Å²) in [7, 11) is 3.76. The first-order chi connectivity index (χ1) is 18.3. The SMILES string of the molecule is Cc1noc(C)c1-c1ccc([N+]2(C)C(=O)C(NC(=O)c3ccnn3C)C3c4ccccc4CC34CC42)cc1. The summed E-state index contributed by atoms with van der Waals surface area (Å²) in [5.74, 6) is 0.476. The molecule has 0 bridgehead atoms. The fourth-order valence-corrected chi connectivity index (χ4v) is 7.49. The normalized spacial score (nSPS) is 28.9. The number of likely N-dealkylation sites (tertiary alicyclic amines) is 1. The van der Waals surface area contributed by atoms with Crippen molar-refractivity contribution < 1.29 is 14.1 Å². The van der Waals surface area contributed by atoms with Gasteiger partial charge in [0, 0.05) is 48.7 Å². The Morgan fingerprint density at radius 3 is 2.58 bits per heavy atom. The largest absolute Gasteiger partial charge is 0.361 e. The van der Waals surface area contributed by atoms with Gasteiger partial charge in [0.25, 0.3) is 5.91 Å². The molecule has 1 aliphatic heterocycles. The van der Waals surface area contributed by atoms with Crippen molar-refractivity contribution in [3.8, 4) is 11.1 Å². The Labute approximate surface area is 220 Å². The van der Waals surface area contributed by atoms with Crippen LogP contribution in [0.25, 0.3) is 11.1 Å². The van der Waals surface area contributed by atoms with Crippen molar-refractivity contribution in [1.82, 2.24) is 24.7 Å². The second-order valence-electron chi connectivity index (χ2n) is 11.3. The van der Waals surface area contributed by atoms with Crippen LogP contribution in [0.1, 0.15) is 45.4 Å². The van der Waals surface area contributed by atoms with Gasteiger partial charge in [-0.15, -0.1) is 0 Å². The maximum atomic E-state index is 14.6. The van der Waals surface area contributed by atoms with E-state index in [-0.39, 0.29) is 33.7 Å². The fraction of sp³-hybridized carbons (Fsp3) is 0.333. The summed E-state index contributed by atoms with van der Waals surface area (Å²) >= 11 is 0. The summed E-state index contributed by atoms with van der Waals surface area (Å²) < 4.78 is 7.08. The number of carbonyl (C=O) groups excluding carboxylic acids is 2. The highest BCUT2D eigenvalue weighted by Gasteiger charge is 2.78. The third-order valence-corrected chi connectivity index (χ3v) is 9.35. The molecule has 3 heterocycles. The third-order valence-electron chi connectivity index (χ3n) is 9.35. The van der Waals surface area contributed by atoms with Crippen molar-refractivity contribution in [1.29, 1.82) is 0 Å². The first kappa shape index (κ1) is 23.1. The topological polar surface area (TPSA) is 90.0 Å². The van der Waals surface area contributed by atoms with Gasteiger partial charge in [0.2, 0.25) is 0 Å². The second-order valence-corrected chi connectivity index (χ2v) is 11.3. The molecule has 1 saturated heterocycles. The van der Waals surface area contributed by atoms with Crippen LogP contribution in [0.2, 0.25) is 0 Å². The van der Waals surface area contributed by atoms with Gasteiger partial charge in [-0.1, -0.05) is 29.4 Å². The molecule has 8 nitrogen and oxygen atoms in total. The number of amides is 2. The molecule has 5 atom stereocenters. The number of likely N-dealkylation sites (N-methyl/N-ethyl adjacent to an activating group) is 1. The predicted octanol–water partition coefficient (Wildman–Crippen LogP) is 4.07. The minimum Gasteiger partial charge on any atom is -0.361 e. The zero-order valence-corrected chi connectivity index (χ0v) is 21.9. The Morgan fingerprint density at radius 2 is 1.89 bits per heavy atom. The lowest BCUT2D eigenvalue weighted by Crippen LogP contribution is -2.67. The van der Waals surface area contributed by atoms with Gasteiger partial charge in [0.05, 0.1) is 12.7 Å². The molecule has 1 saturated carbocycles. The molecule has 2 fully saturated rings. The summed E-state index contributed by atoms with van der Waals surface area (Å²) in [5, 5.41) is 11.4. The molecule has 5 unspecified atom stereocenters. The van der Waals surface area contributed by atoms with Crippen molar-refractivity contribution in [2.45, 2.75) is 44.7 Å². The van der Waals surface area contributed by atoms with E-state index in [1.165, 1.54) is 11.1 Å². The highest BCUT2D eigenvalue weighted by molar-refractivity contribution is 6.02. The van der Waals surface area contributed by atoms with Crippen LogP contribution >= 0.6 is 0 Å². The van der Waals surface area contributed by atoms with Crippen molar-refractivity contribution in [2.75, 3.05) is 7.05 Å². The van der Waals surface area contributed by atoms with Crippen LogP contribution in [0.15, 0.2) is 65.3 Å². The number of quaternary nitrogens is 1. The van der Waals surface area contributed by atoms with Gasteiger partial charge >= 0.3 is 5.91 Å². The van der Waals surface area contributed by atoms with Gasteiger partial charge in [-0.3, -0.25) is 9.48 Å². The van der Waals surface area contributed by atoms with Gasteiger partial charge in [-0.25, -0.2) is 9.28 Å². The molecule has 8 heteroatoms. The van der Waals surface area contributed by atoms with Crippen molar-refractivity contribution in [3.63, 3.8) is 0 Å². The van der Waals surface area contributed by atoms with Gasteiger partial charge < -0.3 is 9.84 Å². The number of aryl methyl sites for hydroxylation is 3. The third kappa shape index (κ3) is 2.95. The lowest BCUT2D eigenvalue weighted by molar-refractivity contribution is -0.135. The van der Waals surface area contributed by atoms with Crippen LogP contribution in [-0.4, -0.2) is 45.9 Å². The van der Waals surface area contributed by atoms with Crippen LogP contribution < -0.4 is 9.80 Å².